The Morgan fingerprint density at radius 3 is 2.58 bits per heavy atom. The lowest BCUT2D eigenvalue weighted by Crippen LogP contribution is -1.99. The molecule has 0 atom stereocenters. The van der Waals surface area contributed by atoms with Gasteiger partial charge >= 0.3 is 0 Å². The van der Waals surface area contributed by atoms with Gasteiger partial charge in [-0.2, -0.15) is 12.8 Å². The molecule has 3 aromatic carbocycles. The van der Waals surface area contributed by atoms with Crippen molar-refractivity contribution in [2.24, 2.45) is 4.40 Å². The number of nitrogens with zero attached hydrogens (tertiary/aromatic N) is 1. The van der Waals surface area contributed by atoms with Crippen LogP contribution < -0.4 is 4.74 Å². The summed E-state index contributed by atoms with van der Waals surface area (Å²) in [6.45, 7) is 0. The molecule has 0 amide bonds. The van der Waals surface area contributed by atoms with E-state index in [4.69, 9.17) is 4.74 Å². The number of hydrogen-bond acceptors (Lipinski definition) is 3. The molecule has 3 rings (SSSR count). The van der Waals surface area contributed by atoms with Gasteiger partial charge in [-0.1, -0.05) is 52.3 Å². The molecule has 3 aromatic rings. The summed E-state index contributed by atoms with van der Waals surface area (Å²) in [6, 6.07) is 17.9. The molecular formula is C18H14BrNO3S. The SMILES string of the molecule is COc1ccc2ccccc2c1/C=N/S(=O)(=O)c1cccc(Br)c1. The van der Waals surface area contributed by atoms with E-state index in [1.807, 2.05) is 30.3 Å². The van der Waals surface area contributed by atoms with Crippen LogP contribution in [0.25, 0.3) is 10.8 Å². The van der Waals surface area contributed by atoms with Crippen LogP contribution in [-0.4, -0.2) is 21.7 Å². The molecule has 0 spiro atoms. The van der Waals surface area contributed by atoms with E-state index >= 15 is 0 Å². The van der Waals surface area contributed by atoms with Crippen molar-refractivity contribution in [3.63, 3.8) is 0 Å². The number of hydrogen-bond donors (Lipinski definition) is 0. The minimum absolute atomic E-state index is 0.132. The third kappa shape index (κ3) is 3.34. The predicted octanol–water partition coefficient (Wildman–Crippen LogP) is 4.42. The molecular weight excluding hydrogens is 390 g/mol. The predicted molar refractivity (Wildman–Crippen MR) is 99.4 cm³/mol. The van der Waals surface area contributed by atoms with Crippen LogP contribution in [0.15, 0.2) is 74.4 Å². The monoisotopic (exact) mass is 403 g/mol. The Kier molecular flexibility index (Phi) is 4.69. The van der Waals surface area contributed by atoms with E-state index in [-0.39, 0.29) is 4.90 Å². The van der Waals surface area contributed by atoms with Crippen molar-refractivity contribution in [1.29, 1.82) is 0 Å². The summed E-state index contributed by atoms with van der Waals surface area (Å²) in [7, 11) is -2.24. The molecule has 0 fully saturated rings. The second-order valence-electron chi connectivity index (χ2n) is 5.07. The first-order valence-electron chi connectivity index (χ1n) is 7.13. The zero-order valence-corrected chi connectivity index (χ0v) is 15.2. The highest BCUT2D eigenvalue weighted by atomic mass is 79.9. The van der Waals surface area contributed by atoms with Gasteiger partial charge in [-0.25, -0.2) is 0 Å². The molecule has 0 saturated carbocycles. The van der Waals surface area contributed by atoms with Gasteiger partial charge in [0.15, 0.2) is 0 Å². The second-order valence-corrected chi connectivity index (χ2v) is 7.62. The Morgan fingerprint density at radius 2 is 1.83 bits per heavy atom. The third-order valence-electron chi connectivity index (χ3n) is 3.57. The fourth-order valence-electron chi connectivity index (χ4n) is 2.40. The molecule has 0 unspecified atom stereocenters. The number of rotatable bonds is 4. The zero-order valence-electron chi connectivity index (χ0n) is 12.8. The molecule has 6 heteroatoms. The minimum atomic E-state index is -3.79. The standard InChI is InChI=1S/C18H14BrNO3S/c1-23-18-10-9-13-5-2-3-8-16(13)17(18)12-20-24(21,22)15-7-4-6-14(19)11-15/h2-12H,1H3/b20-12+. The smallest absolute Gasteiger partial charge is 0.282 e. The summed E-state index contributed by atoms with van der Waals surface area (Å²) in [6.07, 6.45) is 1.34. The Balaban J connectivity index is 2.10. The number of methoxy groups -OCH3 is 1. The fourth-order valence-corrected chi connectivity index (χ4v) is 3.84. The van der Waals surface area contributed by atoms with Crippen LogP contribution in [0.2, 0.25) is 0 Å². The van der Waals surface area contributed by atoms with Crippen molar-refractivity contribution in [3.8, 4) is 5.75 Å². The maximum atomic E-state index is 12.4. The van der Waals surface area contributed by atoms with Gasteiger partial charge < -0.3 is 4.74 Å². The Bertz CT molecular complexity index is 1030. The van der Waals surface area contributed by atoms with Crippen LogP contribution in [0.5, 0.6) is 5.75 Å². The van der Waals surface area contributed by atoms with Gasteiger partial charge in [0.25, 0.3) is 10.0 Å². The van der Waals surface area contributed by atoms with Gasteiger partial charge in [0, 0.05) is 10.0 Å². The molecule has 0 aromatic heterocycles. The van der Waals surface area contributed by atoms with Crippen LogP contribution in [0.1, 0.15) is 5.56 Å². The molecule has 4 nitrogen and oxygen atoms in total. The lowest BCUT2D eigenvalue weighted by atomic mass is 10.0. The van der Waals surface area contributed by atoms with Crippen molar-refractivity contribution >= 4 is 42.9 Å². The molecule has 0 aliphatic rings. The van der Waals surface area contributed by atoms with E-state index in [1.165, 1.54) is 18.3 Å². The largest absolute Gasteiger partial charge is 0.496 e. The third-order valence-corrected chi connectivity index (χ3v) is 5.29. The van der Waals surface area contributed by atoms with Gasteiger partial charge in [0.2, 0.25) is 0 Å². The lowest BCUT2D eigenvalue weighted by Gasteiger charge is -2.08. The quantitative estimate of drug-likeness (QED) is 0.605. The highest BCUT2D eigenvalue weighted by Crippen LogP contribution is 2.27. The Hall–Kier alpha value is -2.18. The number of sulfonamides is 1. The average molecular weight is 404 g/mol. The van der Waals surface area contributed by atoms with E-state index in [9.17, 15) is 8.42 Å². The maximum Gasteiger partial charge on any atom is 0.282 e. The summed E-state index contributed by atoms with van der Waals surface area (Å²) in [5.74, 6) is 0.571. The molecule has 0 bridgehead atoms. The highest BCUT2D eigenvalue weighted by Gasteiger charge is 2.13. The van der Waals surface area contributed by atoms with Crippen LogP contribution in [0.4, 0.5) is 0 Å². The van der Waals surface area contributed by atoms with Gasteiger partial charge in [0.1, 0.15) is 5.75 Å². The summed E-state index contributed by atoms with van der Waals surface area (Å²) in [4.78, 5) is 0.132. The first-order valence-corrected chi connectivity index (χ1v) is 9.36. The zero-order chi connectivity index (χ0) is 17.2. The van der Waals surface area contributed by atoms with Crippen molar-refractivity contribution < 1.29 is 13.2 Å². The molecule has 0 aliphatic heterocycles. The van der Waals surface area contributed by atoms with Crippen LogP contribution >= 0.6 is 15.9 Å². The second kappa shape index (κ2) is 6.75. The number of halogens is 1. The summed E-state index contributed by atoms with van der Waals surface area (Å²) in [5.41, 5.74) is 0.633. The van der Waals surface area contributed by atoms with Crippen molar-refractivity contribution in [2.75, 3.05) is 7.11 Å². The summed E-state index contributed by atoms with van der Waals surface area (Å²) in [5, 5.41) is 1.87. The van der Waals surface area contributed by atoms with Crippen LogP contribution in [0.3, 0.4) is 0 Å². The van der Waals surface area contributed by atoms with Gasteiger partial charge in [-0.05, 0) is 35.0 Å². The van der Waals surface area contributed by atoms with Crippen molar-refractivity contribution in [3.05, 3.63) is 70.7 Å². The number of fused-ring (bicyclic) bond motifs is 1. The first kappa shape index (κ1) is 16.7. The average Bonchev–Trinajstić information content (AvgIpc) is 2.59. The fraction of sp³-hybridized carbons (Fsp3) is 0.0556. The highest BCUT2D eigenvalue weighted by molar-refractivity contribution is 9.10. The molecule has 0 saturated heterocycles. The lowest BCUT2D eigenvalue weighted by molar-refractivity contribution is 0.415. The van der Waals surface area contributed by atoms with Crippen molar-refractivity contribution in [1.82, 2.24) is 0 Å². The van der Waals surface area contributed by atoms with Gasteiger partial charge in [0.05, 0.1) is 18.2 Å². The molecule has 0 radical (unpaired) electrons. The molecule has 122 valence electrons. The molecule has 0 N–H and O–H groups in total. The normalized spacial score (nSPS) is 11.9. The first-order chi connectivity index (χ1) is 11.5. The van der Waals surface area contributed by atoms with E-state index in [0.29, 0.717) is 15.8 Å². The topological polar surface area (TPSA) is 55.7 Å². The summed E-state index contributed by atoms with van der Waals surface area (Å²) >= 11 is 3.27. The van der Waals surface area contributed by atoms with Crippen molar-refractivity contribution in [2.45, 2.75) is 4.90 Å². The van der Waals surface area contributed by atoms with Gasteiger partial charge in [-0.3, -0.25) is 0 Å². The minimum Gasteiger partial charge on any atom is -0.496 e. The molecule has 0 heterocycles. The maximum absolute atomic E-state index is 12.4. The number of ether oxygens (including phenoxy) is 1. The Morgan fingerprint density at radius 1 is 1.04 bits per heavy atom. The van der Waals surface area contributed by atoms with Crippen LogP contribution in [0, 0.1) is 0 Å². The molecule has 24 heavy (non-hydrogen) atoms. The van der Waals surface area contributed by atoms with E-state index in [0.717, 1.165) is 10.8 Å². The van der Waals surface area contributed by atoms with E-state index in [1.54, 1.807) is 25.3 Å². The number of benzene rings is 3. The van der Waals surface area contributed by atoms with E-state index in [2.05, 4.69) is 20.3 Å². The van der Waals surface area contributed by atoms with E-state index < -0.39 is 10.0 Å². The summed E-state index contributed by atoms with van der Waals surface area (Å²) < 4.78 is 34.7. The van der Waals surface area contributed by atoms with Crippen LogP contribution in [-0.2, 0) is 10.0 Å². The Labute approximate surface area is 149 Å². The van der Waals surface area contributed by atoms with Gasteiger partial charge in [-0.15, -0.1) is 0 Å². The molecule has 0 aliphatic carbocycles.